The number of rotatable bonds is 3. The second-order valence-electron chi connectivity index (χ2n) is 4.89. The second kappa shape index (κ2) is 6.38. The van der Waals surface area contributed by atoms with Crippen molar-refractivity contribution in [2.24, 2.45) is 5.92 Å². The van der Waals surface area contributed by atoms with Crippen molar-refractivity contribution in [3.8, 4) is 0 Å². The van der Waals surface area contributed by atoms with Gasteiger partial charge in [-0.25, -0.2) is 4.79 Å². The first-order chi connectivity index (χ1) is 9.16. The van der Waals surface area contributed by atoms with Crippen molar-refractivity contribution in [3.05, 3.63) is 48.0 Å². The van der Waals surface area contributed by atoms with Crippen LogP contribution in [0.15, 0.2) is 42.5 Å². The van der Waals surface area contributed by atoms with E-state index in [2.05, 4.69) is 6.92 Å². The molecular formula is C15H19NO3. The van der Waals surface area contributed by atoms with Crippen molar-refractivity contribution in [1.29, 1.82) is 0 Å². The van der Waals surface area contributed by atoms with Crippen molar-refractivity contribution < 1.29 is 14.7 Å². The van der Waals surface area contributed by atoms with Gasteiger partial charge >= 0.3 is 6.09 Å². The zero-order chi connectivity index (χ0) is 13.7. The highest BCUT2D eigenvalue weighted by molar-refractivity contribution is 5.66. The van der Waals surface area contributed by atoms with Crippen LogP contribution >= 0.6 is 0 Å². The number of carbonyl (C=O) groups is 1. The summed E-state index contributed by atoms with van der Waals surface area (Å²) in [7, 11) is 0. The maximum absolute atomic E-state index is 11.7. The maximum atomic E-state index is 11.7. The van der Waals surface area contributed by atoms with Crippen LogP contribution in [0.4, 0.5) is 4.79 Å². The molecule has 0 aromatic heterocycles. The number of amides is 1. The fraction of sp³-hybridized carbons (Fsp3) is 0.400. The molecule has 0 bridgehead atoms. The summed E-state index contributed by atoms with van der Waals surface area (Å²) < 4.78 is 5.07. The number of allylic oxidation sites excluding steroid dienone is 1. The highest BCUT2D eigenvalue weighted by atomic mass is 16.6. The SMILES string of the molecule is C[C@H]1C=C[C@H](N(O)C(=O)OCc2ccccc2)CC1. The Morgan fingerprint density at radius 2 is 2.05 bits per heavy atom. The molecule has 0 saturated carbocycles. The summed E-state index contributed by atoms with van der Waals surface area (Å²) in [5.41, 5.74) is 0.900. The number of benzene rings is 1. The fourth-order valence-corrected chi connectivity index (χ4v) is 2.07. The molecule has 0 heterocycles. The van der Waals surface area contributed by atoms with Gasteiger partial charge in [0.25, 0.3) is 0 Å². The molecule has 1 amide bonds. The van der Waals surface area contributed by atoms with Crippen LogP contribution in [0.5, 0.6) is 0 Å². The number of carbonyl (C=O) groups excluding carboxylic acids is 1. The summed E-state index contributed by atoms with van der Waals surface area (Å²) in [4.78, 5) is 11.7. The lowest BCUT2D eigenvalue weighted by Gasteiger charge is -2.26. The molecule has 2 atom stereocenters. The molecule has 0 fully saturated rings. The van der Waals surface area contributed by atoms with E-state index in [1.807, 2.05) is 42.5 Å². The topological polar surface area (TPSA) is 49.8 Å². The first kappa shape index (κ1) is 13.6. The monoisotopic (exact) mass is 261 g/mol. The average Bonchev–Trinajstić information content (AvgIpc) is 2.46. The van der Waals surface area contributed by atoms with Crippen LogP contribution in [-0.2, 0) is 11.3 Å². The van der Waals surface area contributed by atoms with Crippen LogP contribution < -0.4 is 0 Å². The molecular weight excluding hydrogens is 242 g/mol. The van der Waals surface area contributed by atoms with Crippen LogP contribution in [0.3, 0.4) is 0 Å². The predicted molar refractivity (Wildman–Crippen MR) is 71.6 cm³/mol. The average molecular weight is 261 g/mol. The molecule has 0 aliphatic heterocycles. The van der Waals surface area contributed by atoms with Crippen LogP contribution in [0, 0.1) is 5.92 Å². The van der Waals surface area contributed by atoms with Gasteiger partial charge in [-0.1, -0.05) is 49.4 Å². The van der Waals surface area contributed by atoms with Crippen molar-refractivity contribution in [3.63, 3.8) is 0 Å². The minimum Gasteiger partial charge on any atom is -0.443 e. The highest BCUT2D eigenvalue weighted by Crippen LogP contribution is 2.20. The largest absolute Gasteiger partial charge is 0.443 e. The lowest BCUT2D eigenvalue weighted by molar-refractivity contribution is -0.0977. The standard InChI is InChI=1S/C15H19NO3/c1-12-7-9-14(10-8-12)16(18)15(17)19-11-13-5-3-2-4-6-13/h2-7,9,12,14,18H,8,10-11H2,1H3/t12-,14-/m0/s1. The summed E-state index contributed by atoms with van der Waals surface area (Å²) in [5.74, 6) is 0.505. The number of hydrogen-bond acceptors (Lipinski definition) is 3. The number of hydrogen-bond donors (Lipinski definition) is 1. The maximum Gasteiger partial charge on any atom is 0.434 e. The van der Waals surface area contributed by atoms with Gasteiger partial charge in [-0.05, 0) is 24.3 Å². The van der Waals surface area contributed by atoms with Crippen molar-refractivity contribution in [2.75, 3.05) is 0 Å². The molecule has 1 aromatic carbocycles. The van der Waals surface area contributed by atoms with E-state index in [1.54, 1.807) is 0 Å². The van der Waals surface area contributed by atoms with E-state index in [0.29, 0.717) is 11.0 Å². The minimum atomic E-state index is -0.701. The Bertz CT molecular complexity index is 444. The van der Waals surface area contributed by atoms with E-state index < -0.39 is 6.09 Å². The van der Waals surface area contributed by atoms with Crippen LogP contribution in [0.25, 0.3) is 0 Å². The molecule has 0 unspecified atom stereocenters. The molecule has 1 N–H and O–H groups in total. The summed E-state index contributed by atoms with van der Waals surface area (Å²) >= 11 is 0. The lowest BCUT2D eigenvalue weighted by atomic mass is 9.94. The van der Waals surface area contributed by atoms with Gasteiger partial charge in [0.15, 0.2) is 0 Å². The van der Waals surface area contributed by atoms with E-state index in [9.17, 15) is 10.0 Å². The number of nitrogens with zero attached hydrogens (tertiary/aromatic N) is 1. The molecule has 1 aliphatic carbocycles. The Labute approximate surface area is 113 Å². The quantitative estimate of drug-likeness (QED) is 0.515. The normalized spacial score (nSPS) is 22.0. The highest BCUT2D eigenvalue weighted by Gasteiger charge is 2.24. The molecule has 1 aromatic rings. The molecule has 102 valence electrons. The number of ether oxygens (including phenoxy) is 1. The summed E-state index contributed by atoms with van der Waals surface area (Å²) in [6, 6.07) is 9.13. The molecule has 0 saturated heterocycles. The summed E-state index contributed by atoms with van der Waals surface area (Å²) in [6.45, 7) is 2.28. The molecule has 0 radical (unpaired) electrons. The fourth-order valence-electron chi connectivity index (χ4n) is 2.07. The molecule has 1 aliphatic rings. The molecule has 2 rings (SSSR count). The van der Waals surface area contributed by atoms with Crippen LogP contribution in [-0.4, -0.2) is 22.4 Å². The first-order valence-corrected chi connectivity index (χ1v) is 6.54. The smallest absolute Gasteiger partial charge is 0.434 e. The van der Waals surface area contributed by atoms with E-state index >= 15 is 0 Å². The summed E-state index contributed by atoms with van der Waals surface area (Å²) in [6.07, 6.45) is 4.89. The minimum absolute atomic E-state index is 0.170. The Morgan fingerprint density at radius 3 is 2.68 bits per heavy atom. The lowest BCUT2D eigenvalue weighted by Crippen LogP contribution is -2.38. The van der Waals surface area contributed by atoms with Gasteiger partial charge in [-0.3, -0.25) is 5.21 Å². The van der Waals surface area contributed by atoms with E-state index in [4.69, 9.17) is 4.74 Å². The van der Waals surface area contributed by atoms with E-state index in [-0.39, 0.29) is 12.6 Å². The Morgan fingerprint density at radius 1 is 1.32 bits per heavy atom. The Hall–Kier alpha value is -1.81. The second-order valence-corrected chi connectivity index (χ2v) is 4.89. The van der Waals surface area contributed by atoms with Gasteiger partial charge in [0.1, 0.15) is 6.61 Å². The van der Waals surface area contributed by atoms with Gasteiger partial charge in [0, 0.05) is 0 Å². The zero-order valence-electron chi connectivity index (χ0n) is 11.0. The zero-order valence-corrected chi connectivity index (χ0v) is 11.0. The first-order valence-electron chi connectivity index (χ1n) is 6.54. The van der Waals surface area contributed by atoms with Crippen LogP contribution in [0.2, 0.25) is 0 Å². The Balaban J connectivity index is 1.84. The van der Waals surface area contributed by atoms with Crippen LogP contribution in [0.1, 0.15) is 25.3 Å². The van der Waals surface area contributed by atoms with Crippen molar-refractivity contribution in [2.45, 2.75) is 32.4 Å². The molecule has 0 spiro atoms. The third kappa shape index (κ3) is 3.83. The summed E-state index contributed by atoms with van der Waals surface area (Å²) in [5, 5.41) is 10.5. The van der Waals surface area contributed by atoms with Gasteiger partial charge in [0.05, 0.1) is 6.04 Å². The van der Waals surface area contributed by atoms with Crippen molar-refractivity contribution in [1.82, 2.24) is 5.06 Å². The Kier molecular flexibility index (Phi) is 4.58. The van der Waals surface area contributed by atoms with Gasteiger partial charge < -0.3 is 4.74 Å². The van der Waals surface area contributed by atoms with Gasteiger partial charge in [-0.15, -0.1) is 0 Å². The molecule has 4 nitrogen and oxygen atoms in total. The van der Waals surface area contributed by atoms with E-state index in [1.165, 1.54) is 0 Å². The van der Waals surface area contributed by atoms with Gasteiger partial charge in [0.2, 0.25) is 0 Å². The van der Waals surface area contributed by atoms with E-state index in [0.717, 1.165) is 18.4 Å². The third-order valence-corrected chi connectivity index (χ3v) is 3.29. The van der Waals surface area contributed by atoms with Gasteiger partial charge in [-0.2, -0.15) is 5.06 Å². The third-order valence-electron chi connectivity index (χ3n) is 3.29. The molecule has 19 heavy (non-hydrogen) atoms. The number of hydroxylamine groups is 2. The predicted octanol–water partition coefficient (Wildman–Crippen LogP) is 3.37. The molecule has 4 heteroatoms. The van der Waals surface area contributed by atoms with Crippen molar-refractivity contribution >= 4 is 6.09 Å².